The summed E-state index contributed by atoms with van der Waals surface area (Å²) in [7, 11) is 0. The van der Waals surface area contributed by atoms with Crippen molar-refractivity contribution in [2.24, 2.45) is 11.7 Å². The number of carboxylic acid groups (broad SMARTS) is 1. The second-order valence-electron chi connectivity index (χ2n) is 4.99. The zero-order chi connectivity index (χ0) is 14.0. The fourth-order valence-corrected chi connectivity index (χ4v) is 2.60. The van der Waals surface area contributed by atoms with Crippen molar-refractivity contribution in [3.63, 3.8) is 0 Å². The Morgan fingerprint density at radius 2 is 2.11 bits per heavy atom. The molecule has 0 spiro atoms. The minimum absolute atomic E-state index is 0.127. The third kappa shape index (κ3) is 2.76. The number of hydrogen-bond donors (Lipinski definition) is 3. The molecule has 0 radical (unpaired) electrons. The van der Waals surface area contributed by atoms with Crippen LogP contribution in [0.3, 0.4) is 0 Å². The lowest BCUT2D eigenvalue weighted by molar-refractivity contribution is -0.120. The van der Waals surface area contributed by atoms with Crippen LogP contribution in [0, 0.1) is 12.8 Å². The number of amides is 1. The Morgan fingerprint density at radius 3 is 2.68 bits per heavy atom. The number of nitrogens with one attached hydrogen (secondary N) is 1. The Morgan fingerprint density at radius 1 is 1.37 bits per heavy atom. The van der Waals surface area contributed by atoms with E-state index in [1.165, 1.54) is 0 Å². The molecule has 1 aliphatic rings. The van der Waals surface area contributed by atoms with E-state index in [4.69, 9.17) is 5.73 Å². The van der Waals surface area contributed by atoms with Gasteiger partial charge in [0.25, 0.3) is 0 Å². The highest BCUT2D eigenvalue weighted by molar-refractivity contribution is 6.02. The van der Waals surface area contributed by atoms with Crippen molar-refractivity contribution in [1.29, 1.82) is 0 Å². The van der Waals surface area contributed by atoms with E-state index in [1.807, 2.05) is 0 Å². The summed E-state index contributed by atoms with van der Waals surface area (Å²) < 4.78 is 0. The summed E-state index contributed by atoms with van der Waals surface area (Å²) in [6, 6.07) is 4.92. The maximum atomic E-state index is 12.1. The van der Waals surface area contributed by atoms with E-state index in [0.717, 1.165) is 19.3 Å². The summed E-state index contributed by atoms with van der Waals surface area (Å²) in [5.41, 5.74) is 7.00. The van der Waals surface area contributed by atoms with Crippen molar-refractivity contribution in [2.75, 3.05) is 5.32 Å². The van der Waals surface area contributed by atoms with Crippen molar-refractivity contribution in [2.45, 2.75) is 32.2 Å². The van der Waals surface area contributed by atoms with Gasteiger partial charge in [-0.3, -0.25) is 4.79 Å². The number of carbonyl (C=O) groups excluding carboxylic acids is 1. The number of nitrogens with two attached hydrogens (primary N) is 1. The smallest absolute Gasteiger partial charge is 0.338 e. The lowest BCUT2D eigenvalue weighted by Gasteiger charge is -2.16. The zero-order valence-electron chi connectivity index (χ0n) is 10.8. The highest BCUT2D eigenvalue weighted by atomic mass is 16.4. The van der Waals surface area contributed by atoms with Crippen LogP contribution in [0.15, 0.2) is 18.2 Å². The van der Waals surface area contributed by atoms with E-state index >= 15 is 0 Å². The average molecular weight is 262 g/mol. The van der Waals surface area contributed by atoms with Crippen LogP contribution >= 0.6 is 0 Å². The van der Waals surface area contributed by atoms with Crippen molar-refractivity contribution in [3.05, 3.63) is 29.3 Å². The van der Waals surface area contributed by atoms with Crippen LogP contribution in [0.5, 0.6) is 0 Å². The van der Waals surface area contributed by atoms with Crippen LogP contribution in [0.1, 0.15) is 35.2 Å². The summed E-state index contributed by atoms with van der Waals surface area (Å²) in [6.07, 6.45) is 2.55. The molecule has 5 nitrogen and oxygen atoms in total. The van der Waals surface area contributed by atoms with Crippen molar-refractivity contribution in [1.82, 2.24) is 0 Å². The lowest BCUT2D eigenvalue weighted by Crippen LogP contribution is -2.34. The first-order valence-electron chi connectivity index (χ1n) is 6.40. The van der Waals surface area contributed by atoms with Gasteiger partial charge in [-0.2, -0.15) is 0 Å². The Hall–Kier alpha value is -1.88. The second kappa shape index (κ2) is 5.40. The number of carbonyl (C=O) groups is 2. The van der Waals surface area contributed by atoms with E-state index in [9.17, 15) is 14.7 Å². The minimum atomic E-state index is -1.04. The third-order valence-corrected chi connectivity index (χ3v) is 3.65. The first-order chi connectivity index (χ1) is 9.00. The monoisotopic (exact) mass is 262 g/mol. The molecule has 0 aliphatic heterocycles. The van der Waals surface area contributed by atoms with Crippen LogP contribution in [0.2, 0.25) is 0 Å². The predicted molar refractivity (Wildman–Crippen MR) is 72.1 cm³/mol. The molecule has 0 aromatic heterocycles. The molecule has 0 saturated heterocycles. The number of hydrogen-bond acceptors (Lipinski definition) is 3. The van der Waals surface area contributed by atoms with Gasteiger partial charge in [0.2, 0.25) is 5.91 Å². The van der Waals surface area contributed by atoms with Crippen LogP contribution in [-0.2, 0) is 4.79 Å². The van der Waals surface area contributed by atoms with E-state index in [0.29, 0.717) is 11.3 Å². The zero-order valence-corrected chi connectivity index (χ0v) is 10.8. The molecule has 1 aliphatic carbocycles. The molecule has 5 heteroatoms. The molecule has 19 heavy (non-hydrogen) atoms. The van der Waals surface area contributed by atoms with Gasteiger partial charge in [-0.05, 0) is 31.4 Å². The molecule has 2 unspecified atom stereocenters. The predicted octanol–water partition coefficient (Wildman–Crippen LogP) is 1.76. The fourth-order valence-electron chi connectivity index (χ4n) is 2.60. The summed E-state index contributed by atoms with van der Waals surface area (Å²) in [4.78, 5) is 23.4. The molecule has 1 aromatic carbocycles. The molecule has 1 saturated carbocycles. The number of benzene rings is 1. The Labute approximate surface area is 111 Å². The summed E-state index contributed by atoms with van der Waals surface area (Å²) in [6.45, 7) is 1.71. The van der Waals surface area contributed by atoms with Gasteiger partial charge in [0.15, 0.2) is 0 Å². The molecule has 1 aromatic rings. The maximum Gasteiger partial charge on any atom is 0.338 e. The molecule has 4 N–H and O–H groups in total. The fraction of sp³-hybridized carbons (Fsp3) is 0.429. The van der Waals surface area contributed by atoms with Crippen molar-refractivity contribution in [3.8, 4) is 0 Å². The Kier molecular flexibility index (Phi) is 3.85. The second-order valence-corrected chi connectivity index (χ2v) is 4.99. The average Bonchev–Trinajstić information content (AvgIpc) is 2.75. The highest BCUT2D eigenvalue weighted by Gasteiger charge is 2.30. The Balaban J connectivity index is 2.21. The van der Waals surface area contributed by atoms with Gasteiger partial charge in [0, 0.05) is 6.04 Å². The maximum absolute atomic E-state index is 12.1. The first-order valence-corrected chi connectivity index (χ1v) is 6.40. The van der Waals surface area contributed by atoms with Crippen LogP contribution < -0.4 is 11.1 Å². The highest BCUT2D eigenvalue weighted by Crippen LogP contribution is 2.27. The molecular formula is C14H18N2O3. The third-order valence-electron chi connectivity index (χ3n) is 3.65. The molecule has 2 atom stereocenters. The quantitative estimate of drug-likeness (QED) is 0.773. The van der Waals surface area contributed by atoms with Gasteiger partial charge in [-0.25, -0.2) is 4.79 Å². The van der Waals surface area contributed by atoms with Crippen molar-refractivity contribution < 1.29 is 14.7 Å². The number of anilines is 1. The standard InChI is InChI=1S/C14H18N2O3/c1-8-4-2-7-11(12(8)14(18)19)16-13(17)9-5-3-6-10(9)15/h2,4,7,9-10H,3,5-6,15H2,1H3,(H,16,17)(H,18,19). The summed E-state index contributed by atoms with van der Waals surface area (Å²) >= 11 is 0. The number of aryl methyl sites for hydroxylation is 1. The van der Waals surface area contributed by atoms with Gasteiger partial charge in [-0.15, -0.1) is 0 Å². The molecule has 0 heterocycles. The van der Waals surface area contributed by atoms with E-state index < -0.39 is 5.97 Å². The van der Waals surface area contributed by atoms with E-state index in [-0.39, 0.29) is 23.4 Å². The van der Waals surface area contributed by atoms with Crippen LogP contribution in [0.25, 0.3) is 0 Å². The van der Waals surface area contributed by atoms with Gasteiger partial charge < -0.3 is 16.2 Å². The Bertz CT molecular complexity index is 513. The van der Waals surface area contributed by atoms with Gasteiger partial charge in [-0.1, -0.05) is 18.6 Å². The SMILES string of the molecule is Cc1cccc(NC(=O)C2CCCC2N)c1C(=O)O. The largest absolute Gasteiger partial charge is 0.478 e. The number of rotatable bonds is 3. The normalized spacial score (nSPS) is 22.2. The first kappa shape index (κ1) is 13.5. The molecule has 0 bridgehead atoms. The van der Waals surface area contributed by atoms with Gasteiger partial charge >= 0.3 is 5.97 Å². The molecule has 2 rings (SSSR count). The number of aromatic carboxylic acids is 1. The number of carboxylic acids is 1. The molecule has 102 valence electrons. The van der Waals surface area contributed by atoms with Crippen LogP contribution in [0.4, 0.5) is 5.69 Å². The van der Waals surface area contributed by atoms with E-state index in [1.54, 1.807) is 25.1 Å². The molecule has 1 fully saturated rings. The van der Waals surface area contributed by atoms with Gasteiger partial charge in [0.05, 0.1) is 17.2 Å². The van der Waals surface area contributed by atoms with Crippen LogP contribution in [-0.4, -0.2) is 23.0 Å². The topological polar surface area (TPSA) is 92.4 Å². The lowest BCUT2D eigenvalue weighted by atomic mass is 10.0. The molecule has 1 amide bonds. The minimum Gasteiger partial charge on any atom is -0.478 e. The van der Waals surface area contributed by atoms with Crippen molar-refractivity contribution >= 4 is 17.6 Å². The summed E-state index contributed by atoms with van der Waals surface area (Å²) in [5.74, 6) is -1.44. The van der Waals surface area contributed by atoms with E-state index in [2.05, 4.69) is 5.32 Å². The molecular weight excluding hydrogens is 244 g/mol. The summed E-state index contributed by atoms with van der Waals surface area (Å²) in [5, 5.41) is 11.9. The van der Waals surface area contributed by atoms with Gasteiger partial charge in [0.1, 0.15) is 0 Å².